The zero-order valence-corrected chi connectivity index (χ0v) is 20.2. The Morgan fingerprint density at radius 1 is 1.14 bits per heavy atom. The van der Waals surface area contributed by atoms with Crippen molar-refractivity contribution in [3.63, 3.8) is 0 Å². The molecule has 36 heavy (non-hydrogen) atoms. The number of aromatic amines is 1. The lowest BCUT2D eigenvalue weighted by molar-refractivity contribution is -0.120. The van der Waals surface area contributed by atoms with E-state index in [0.717, 1.165) is 70.9 Å². The summed E-state index contributed by atoms with van der Waals surface area (Å²) in [6, 6.07) is 14.3. The molecule has 0 spiro atoms. The van der Waals surface area contributed by atoms with E-state index < -0.39 is 0 Å². The highest BCUT2D eigenvalue weighted by Gasteiger charge is 2.22. The van der Waals surface area contributed by atoms with E-state index in [4.69, 9.17) is 9.72 Å². The molecule has 0 bridgehead atoms. The second-order valence-corrected chi connectivity index (χ2v) is 9.10. The van der Waals surface area contributed by atoms with E-state index in [1.165, 1.54) is 11.1 Å². The number of pyridine rings is 1. The molecule has 4 heterocycles. The molecule has 0 unspecified atom stereocenters. The fraction of sp³-hybridized carbons (Fsp3) is 0.214. The summed E-state index contributed by atoms with van der Waals surface area (Å²) in [4.78, 5) is 22.6. The predicted molar refractivity (Wildman–Crippen MR) is 138 cm³/mol. The van der Waals surface area contributed by atoms with E-state index in [1.54, 1.807) is 6.07 Å². The molecule has 6 rings (SSSR count). The maximum absolute atomic E-state index is 10.8. The summed E-state index contributed by atoms with van der Waals surface area (Å²) in [5.74, 6) is 1.46. The third kappa shape index (κ3) is 3.90. The van der Waals surface area contributed by atoms with Crippen LogP contribution in [-0.2, 0) is 24.2 Å². The van der Waals surface area contributed by atoms with Crippen molar-refractivity contribution < 1.29 is 9.53 Å². The van der Waals surface area contributed by atoms with Gasteiger partial charge in [0.2, 0.25) is 0 Å². The largest absolute Gasteiger partial charge is 0.429 e. The third-order valence-electron chi connectivity index (χ3n) is 6.85. The van der Waals surface area contributed by atoms with Gasteiger partial charge in [0.05, 0.1) is 34.8 Å². The first kappa shape index (κ1) is 22.0. The van der Waals surface area contributed by atoms with Crippen molar-refractivity contribution in [2.24, 2.45) is 0 Å². The molecule has 0 aliphatic carbocycles. The standard InChI is InChI=1S/C28H26N6O2/c1-3-19-11-23(36-17-35)6-7-24(19)26-12-27-25(13-30-32-27)28(31-26)33-9-8-20-10-22(5-4-21(20)15-33)34-14-18(2)29-16-34/h4-7,10-14,16-17H,3,8-9,15H2,1-2H3,(H,30,32). The number of ether oxygens (including phenoxy) is 1. The van der Waals surface area contributed by atoms with Gasteiger partial charge in [-0.05, 0) is 72.9 Å². The highest BCUT2D eigenvalue weighted by Crippen LogP contribution is 2.34. The Morgan fingerprint density at radius 3 is 2.86 bits per heavy atom. The average Bonchev–Trinajstić information content (AvgIpc) is 3.56. The van der Waals surface area contributed by atoms with Crippen molar-refractivity contribution in [3.8, 4) is 22.7 Å². The van der Waals surface area contributed by atoms with E-state index in [9.17, 15) is 4.79 Å². The molecular weight excluding hydrogens is 452 g/mol. The Kier molecular flexibility index (Phi) is 5.48. The van der Waals surface area contributed by atoms with E-state index >= 15 is 0 Å². The first-order valence-corrected chi connectivity index (χ1v) is 12.1. The van der Waals surface area contributed by atoms with Gasteiger partial charge in [0.15, 0.2) is 0 Å². The van der Waals surface area contributed by atoms with Crippen LogP contribution in [0.1, 0.15) is 29.3 Å². The second-order valence-electron chi connectivity index (χ2n) is 9.10. The molecule has 5 aromatic rings. The number of carbonyl (C=O) groups is 1. The van der Waals surface area contributed by atoms with Crippen molar-refractivity contribution in [1.29, 1.82) is 0 Å². The van der Waals surface area contributed by atoms with E-state index in [2.05, 4.69) is 49.8 Å². The quantitative estimate of drug-likeness (QED) is 0.353. The predicted octanol–water partition coefficient (Wildman–Crippen LogP) is 4.78. The van der Waals surface area contributed by atoms with Crippen LogP contribution in [0, 0.1) is 6.92 Å². The number of aromatic nitrogens is 5. The Hall–Kier alpha value is -4.46. The summed E-state index contributed by atoms with van der Waals surface area (Å²) < 4.78 is 7.12. The number of hydrogen-bond donors (Lipinski definition) is 1. The highest BCUT2D eigenvalue weighted by molar-refractivity contribution is 5.92. The van der Waals surface area contributed by atoms with Gasteiger partial charge in [0.25, 0.3) is 6.47 Å². The van der Waals surface area contributed by atoms with E-state index in [-0.39, 0.29) is 0 Å². The van der Waals surface area contributed by atoms with Crippen LogP contribution < -0.4 is 9.64 Å². The molecule has 0 saturated carbocycles. The molecule has 3 aromatic heterocycles. The maximum Gasteiger partial charge on any atom is 0.298 e. The van der Waals surface area contributed by atoms with Crippen molar-refractivity contribution in [2.75, 3.05) is 11.4 Å². The number of carbonyl (C=O) groups excluding carboxylic acids is 1. The fourth-order valence-corrected chi connectivity index (χ4v) is 4.99. The summed E-state index contributed by atoms with van der Waals surface area (Å²) in [6.45, 7) is 6.18. The van der Waals surface area contributed by atoms with E-state index in [0.29, 0.717) is 12.2 Å². The summed E-state index contributed by atoms with van der Waals surface area (Å²) in [5, 5.41) is 8.44. The summed E-state index contributed by atoms with van der Waals surface area (Å²) in [5.41, 5.74) is 8.70. The molecular formula is C28H26N6O2. The Balaban J connectivity index is 1.36. The van der Waals surface area contributed by atoms with Gasteiger partial charge < -0.3 is 14.2 Å². The van der Waals surface area contributed by atoms with Gasteiger partial charge in [0.1, 0.15) is 11.6 Å². The molecule has 180 valence electrons. The zero-order valence-electron chi connectivity index (χ0n) is 20.2. The van der Waals surface area contributed by atoms with Gasteiger partial charge >= 0.3 is 0 Å². The second kappa shape index (κ2) is 8.96. The number of hydrogen-bond acceptors (Lipinski definition) is 6. The Morgan fingerprint density at radius 2 is 2.06 bits per heavy atom. The molecule has 8 nitrogen and oxygen atoms in total. The lowest BCUT2D eigenvalue weighted by atomic mass is 9.98. The van der Waals surface area contributed by atoms with Gasteiger partial charge in [-0.2, -0.15) is 5.10 Å². The fourth-order valence-electron chi connectivity index (χ4n) is 4.99. The third-order valence-corrected chi connectivity index (χ3v) is 6.85. The smallest absolute Gasteiger partial charge is 0.298 e. The lowest BCUT2D eigenvalue weighted by Gasteiger charge is -2.31. The van der Waals surface area contributed by atoms with Gasteiger partial charge in [-0.15, -0.1) is 0 Å². The van der Waals surface area contributed by atoms with Gasteiger partial charge in [-0.1, -0.05) is 13.0 Å². The number of H-pyrrole nitrogens is 1. The monoisotopic (exact) mass is 478 g/mol. The van der Waals surface area contributed by atoms with Crippen LogP contribution in [-0.4, -0.2) is 37.7 Å². The lowest BCUT2D eigenvalue weighted by Crippen LogP contribution is -2.31. The molecule has 8 heteroatoms. The number of nitrogens with zero attached hydrogens (tertiary/aromatic N) is 5. The number of nitrogens with one attached hydrogen (secondary N) is 1. The first-order chi connectivity index (χ1) is 17.6. The number of rotatable bonds is 6. The normalized spacial score (nSPS) is 13.1. The Bertz CT molecular complexity index is 1580. The zero-order chi connectivity index (χ0) is 24.6. The van der Waals surface area contributed by atoms with Crippen LogP contribution in [0.5, 0.6) is 5.75 Å². The molecule has 2 aromatic carbocycles. The molecule has 0 fully saturated rings. The van der Waals surface area contributed by atoms with Crippen LogP contribution in [0.15, 0.2) is 61.2 Å². The number of fused-ring (bicyclic) bond motifs is 2. The van der Waals surface area contributed by atoms with E-state index in [1.807, 2.05) is 43.8 Å². The number of aryl methyl sites for hydroxylation is 2. The summed E-state index contributed by atoms with van der Waals surface area (Å²) in [6.07, 6.45) is 7.48. The summed E-state index contributed by atoms with van der Waals surface area (Å²) >= 11 is 0. The molecule has 1 aliphatic heterocycles. The van der Waals surface area contributed by atoms with Crippen LogP contribution in [0.25, 0.3) is 27.8 Å². The SMILES string of the molecule is CCc1cc(OC=O)ccc1-c1cc2[nH]ncc2c(N2CCc3cc(-n4cnc(C)c4)ccc3C2)n1. The van der Waals surface area contributed by atoms with Crippen LogP contribution in [0.2, 0.25) is 0 Å². The summed E-state index contributed by atoms with van der Waals surface area (Å²) in [7, 11) is 0. The molecule has 1 aliphatic rings. The van der Waals surface area contributed by atoms with Crippen molar-refractivity contribution in [3.05, 3.63) is 83.6 Å². The minimum Gasteiger partial charge on any atom is -0.429 e. The number of benzene rings is 2. The van der Waals surface area contributed by atoms with Crippen molar-refractivity contribution in [2.45, 2.75) is 33.2 Å². The first-order valence-electron chi connectivity index (χ1n) is 12.1. The number of imidazole rings is 1. The average molecular weight is 479 g/mol. The van der Waals surface area contributed by atoms with Gasteiger partial charge in [0, 0.05) is 30.5 Å². The van der Waals surface area contributed by atoms with Gasteiger partial charge in [-0.3, -0.25) is 9.89 Å². The molecule has 0 amide bonds. The molecule has 0 saturated heterocycles. The maximum atomic E-state index is 10.8. The minimum absolute atomic E-state index is 0.453. The molecule has 1 N–H and O–H groups in total. The topological polar surface area (TPSA) is 88.9 Å². The van der Waals surface area contributed by atoms with Crippen LogP contribution in [0.3, 0.4) is 0 Å². The van der Waals surface area contributed by atoms with Crippen LogP contribution in [0.4, 0.5) is 5.82 Å². The van der Waals surface area contributed by atoms with Crippen molar-refractivity contribution in [1.82, 2.24) is 24.7 Å². The minimum atomic E-state index is 0.453. The molecule has 0 atom stereocenters. The van der Waals surface area contributed by atoms with Gasteiger partial charge in [-0.25, -0.2) is 9.97 Å². The molecule has 0 radical (unpaired) electrons. The highest BCUT2D eigenvalue weighted by atomic mass is 16.5. The number of anilines is 1. The Labute approximate surface area is 208 Å². The van der Waals surface area contributed by atoms with Crippen molar-refractivity contribution >= 4 is 23.2 Å². The van der Waals surface area contributed by atoms with Crippen LogP contribution >= 0.6 is 0 Å².